The Morgan fingerprint density at radius 3 is 3.00 bits per heavy atom. The lowest BCUT2D eigenvalue weighted by Gasteiger charge is -2.13. The third-order valence-corrected chi connectivity index (χ3v) is 4.69. The van der Waals surface area contributed by atoms with E-state index in [9.17, 15) is 9.59 Å². The zero-order valence-corrected chi connectivity index (χ0v) is 14.4. The van der Waals surface area contributed by atoms with Crippen molar-refractivity contribution in [2.75, 3.05) is 6.54 Å². The molecular formula is C18H20N6O2. The lowest BCUT2D eigenvalue weighted by Crippen LogP contribution is -2.33. The number of fused-ring (bicyclic) bond motifs is 3. The predicted molar refractivity (Wildman–Crippen MR) is 96.7 cm³/mol. The Bertz CT molecular complexity index is 1050. The van der Waals surface area contributed by atoms with Gasteiger partial charge >= 0.3 is 0 Å². The minimum atomic E-state index is -0.350. The highest BCUT2D eigenvalue weighted by molar-refractivity contribution is 5.77. The number of carbonyl (C=O) groups is 1. The zero-order chi connectivity index (χ0) is 17.9. The van der Waals surface area contributed by atoms with Crippen molar-refractivity contribution < 1.29 is 4.79 Å². The summed E-state index contributed by atoms with van der Waals surface area (Å²) in [6.07, 6.45) is 11.1. The van der Waals surface area contributed by atoms with Crippen LogP contribution in [0.4, 0.5) is 0 Å². The number of hydrogen-bond acceptors (Lipinski definition) is 5. The van der Waals surface area contributed by atoms with Crippen LogP contribution in [0.15, 0.2) is 41.0 Å². The van der Waals surface area contributed by atoms with Gasteiger partial charge in [-0.1, -0.05) is 11.6 Å². The Kier molecular flexibility index (Phi) is 4.47. The molecule has 0 radical (unpaired) electrons. The second-order valence-corrected chi connectivity index (χ2v) is 6.49. The lowest BCUT2D eigenvalue weighted by atomic mass is 9.97. The SMILES string of the molecule is O=C(Cn1ccc2c(nnc3ccnn32)c1=O)NCCC1=CCCCC1. The van der Waals surface area contributed by atoms with Crippen molar-refractivity contribution in [2.24, 2.45) is 0 Å². The van der Waals surface area contributed by atoms with Crippen molar-refractivity contribution in [1.82, 2.24) is 29.7 Å². The Hall–Kier alpha value is -3.03. The van der Waals surface area contributed by atoms with E-state index in [2.05, 4.69) is 26.7 Å². The molecule has 1 N–H and O–H groups in total. The van der Waals surface area contributed by atoms with Crippen LogP contribution in [0.25, 0.3) is 16.7 Å². The van der Waals surface area contributed by atoms with Gasteiger partial charge in [-0.3, -0.25) is 9.59 Å². The molecule has 0 unspecified atom stereocenters. The first-order valence-corrected chi connectivity index (χ1v) is 8.86. The van der Waals surface area contributed by atoms with Crippen molar-refractivity contribution >= 4 is 22.6 Å². The molecule has 0 fully saturated rings. The molecule has 0 saturated heterocycles. The number of aromatic nitrogens is 5. The van der Waals surface area contributed by atoms with E-state index >= 15 is 0 Å². The Morgan fingerprint density at radius 1 is 1.23 bits per heavy atom. The van der Waals surface area contributed by atoms with E-state index in [0.29, 0.717) is 17.7 Å². The van der Waals surface area contributed by atoms with Gasteiger partial charge in [-0.25, -0.2) is 4.52 Å². The standard InChI is InChI=1S/C18H20N6O2/c25-16(19-9-6-13-4-2-1-3-5-13)12-23-11-8-14-17(18(23)26)22-21-15-7-10-20-24(14)15/h4,7-8,10-11H,1-3,5-6,9,12H2,(H,19,25). The highest BCUT2D eigenvalue weighted by atomic mass is 16.2. The maximum atomic E-state index is 12.6. The van der Waals surface area contributed by atoms with Gasteiger partial charge in [0.25, 0.3) is 5.56 Å². The number of pyridine rings is 1. The number of hydrogen-bond donors (Lipinski definition) is 1. The largest absolute Gasteiger partial charge is 0.354 e. The first-order chi connectivity index (χ1) is 12.7. The number of rotatable bonds is 5. The average molecular weight is 352 g/mol. The van der Waals surface area contributed by atoms with Crippen molar-refractivity contribution in [3.8, 4) is 0 Å². The summed E-state index contributed by atoms with van der Waals surface area (Å²) in [5.74, 6) is -0.184. The summed E-state index contributed by atoms with van der Waals surface area (Å²) in [6, 6.07) is 3.44. The predicted octanol–water partition coefficient (Wildman–Crippen LogP) is 1.45. The minimum Gasteiger partial charge on any atom is -0.354 e. The van der Waals surface area contributed by atoms with Gasteiger partial charge in [0.2, 0.25) is 5.91 Å². The summed E-state index contributed by atoms with van der Waals surface area (Å²) in [6.45, 7) is 0.563. The molecule has 0 bridgehead atoms. The summed E-state index contributed by atoms with van der Waals surface area (Å²) in [4.78, 5) is 24.8. The minimum absolute atomic E-state index is 0.0351. The van der Waals surface area contributed by atoms with Crippen LogP contribution in [0.5, 0.6) is 0 Å². The van der Waals surface area contributed by atoms with E-state index in [1.807, 2.05) is 0 Å². The molecule has 3 heterocycles. The Labute approximate surface area is 149 Å². The molecule has 134 valence electrons. The molecule has 1 aliphatic rings. The van der Waals surface area contributed by atoms with Gasteiger partial charge in [0.05, 0.1) is 6.20 Å². The van der Waals surface area contributed by atoms with Crippen molar-refractivity contribution in [1.29, 1.82) is 0 Å². The maximum absolute atomic E-state index is 12.6. The molecule has 0 aliphatic heterocycles. The molecule has 0 spiro atoms. The highest BCUT2D eigenvalue weighted by Gasteiger charge is 2.12. The van der Waals surface area contributed by atoms with Crippen LogP contribution in [-0.4, -0.2) is 36.8 Å². The van der Waals surface area contributed by atoms with Gasteiger partial charge in [0.15, 0.2) is 11.2 Å². The first kappa shape index (κ1) is 16.4. The maximum Gasteiger partial charge on any atom is 0.281 e. The summed E-state index contributed by atoms with van der Waals surface area (Å²) in [5.41, 5.74) is 2.41. The smallest absolute Gasteiger partial charge is 0.281 e. The van der Waals surface area contributed by atoms with Gasteiger partial charge in [-0.2, -0.15) is 5.10 Å². The van der Waals surface area contributed by atoms with Gasteiger partial charge in [0.1, 0.15) is 12.1 Å². The number of allylic oxidation sites excluding steroid dienone is 1. The van der Waals surface area contributed by atoms with Gasteiger partial charge in [-0.15, -0.1) is 10.2 Å². The normalized spacial score (nSPS) is 14.5. The van der Waals surface area contributed by atoms with Crippen LogP contribution in [-0.2, 0) is 11.3 Å². The fourth-order valence-electron chi connectivity index (χ4n) is 3.31. The molecule has 3 aromatic rings. The van der Waals surface area contributed by atoms with Gasteiger partial charge in [-0.05, 0) is 38.2 Å². The quantitative estimate of drug-likeness (QED) is 0.701. The molecular weight excluding hydrogens is 332 g/mol. The molecule has 3 aromatic heterocycles. The number of nitrogens with zero attached hydrogens (tertiary/aromatic N) is 5. The topological polar surface area (TPSA) is 94.2 Å². The molecule has 4 rings (SSSR count). The van der Waals surface area contributed by atoms with E-state index in [1.54, 1.807) is 29.0 Å². The summed E-state index contributed by atoms with van der Waals surface area (Å²) in [5, 5.41) is 15.0. The van der Waals surface area contributed by atoms with Crippen molar-refractivity contribution in [3.63, 3.8) is 0 Å². The van der Waals surface area contributed by atoms with Crippen LogP contribution >= 0.6 is 0 Å². The molecule has 0 atom stereocenters. The third kappa shape index (κ3) is 3.22. The lowest BCUT2D eigenvalue weighted by molar-refractivity contribution is -0.121. The first-order valence-electron chi connectivity index (χ1n) is 8.86. The van der Waals surface area contributed by atoms with Crippen LogP contribution < -0.4 is 10.9 Å². The van der Waals surface area contributed by atoms with E-state index in [0.717, 1.165) is 19.3 Å². The van der Waals surface area contributed by atoms with Crippen molar-refractivity contribution in [2.45, 2.75) is 38.6 Å². The zero-order valence-electron chi connectivity index (χ0n) is 14.4. The second-order valence-electron chi connectivity index (χ2n) is 6.49. The Balaban J connectivity index is 1.45. The van der Waals surface area contributed by atoms with Crippen LogP contribution in [0.3, 0.4) is 0 Å². The fourth-order valence-corrected chi connectivity index (χ4v) is 3.31. The summed E-state index contributed by atoms with van der Waals surface area (Å²) >= 11 is 0. The van der Waals surface area contributed by atoms with Crippen LogP contribution in [0.2, 0.25) is 0 Å². The number of amides is 1. The highest BCUT2D eigenvalue weighted by Crippen LogP contribution is 2.19. The van der Waals surface area contributed by atoms with Crippen LogP contribution in [0.1, 0.15) is 32.1 Å². The molecule has 1 amide bonds. The van der Waals surface area contributed by atoms with Crippen LogP contribution in [0, 0.1) is 0 Å². The average Bonchev–Trinajstić information content (AvgIpc) is 3.14. The fraction of sp³-hybridized carbons (Fsp3) is 0.389. The molecule has 8 heteroatoms. The van der Waals surface area contributed by atoms with Crippen molar-refractivity contribution in [3.05, 3.63) is 46.5 Å². The second kappa shape index (κ2) is 7.07. The molecule has 0 aromatic carbocycles. The molecule has 1 aliphatic carbocycles. The third-order valence-electron chi connectivity index (χ3n) is 4.69. The van der Waals surface area contributed by atoms with E-state index in [1.165, 1.54) is 23.0 Å². The number of nitrogens with one attached hydrogen (secondary N) is 1. The molecule has 8 nitrogen and oxygen atoms in total. The summed E-state index contributed by atoms with van der Waals surface area (Å²) in [7, 11) is 0. The van der Waals surface area contributed by atoms with E-state index in [-0.39, 0.29) is 23.5 Å². The monoisotopic (exact) mass is 352 g/mol. The van der Waals surface area contributed by atoms with Gasteiger partial charge < -0.3 is 9.88 Å². The number of carbonyl (C=O) groups excluding carboxylic acids is 1. The molecule has 0 saturated carbocycles. The Morgan fingerprint density at radius 2 is 2.15 bits per heavy atom. The summed E-state index contributed by atoms with van der Waals surface area (Å²) < 4.78 is 2.91. The van der Waals surface area contributed by atoms with E-state index < -0.39 is 0 Å². The van der Waals surface area contributed by atoms with E-state index in [4.69, 9.17) is 0 Å². The molecule has 26 heavy (non-hydrogen) atoms. The van der Waals surface area contributed by atoms with Gasteiger partial charge in [0, 0.05) is 18.8 Å².